The van der Waals surface area contributed by atoms with Gasteiger partial charge in [-0.05, 0) is 54.4 Å². The highest BCUT2D eigenvalue weighted by atomic mass is 79.9. The minimum Gasteiger partial charge on any atom is -0.365 e. The van der Waals surface area contributed by atoms with E-state index >= 15 is 0 Å². The number of halogens is 1. The molecule has 3 rings (SSSR count). The van der Waals surface area contributed by atoms with Crippen molar-refractivity contribution in [3.63, 3.8) is 0 Å². The van der Waals surface area contributed by atoms with E-state index in [0.29, 0.717) is 12.1 Å². The average Bonchev–Trinajstić information content (AvgIpc) is 2.46. The van der Waals surface area contributed by atoms with Gasteiger partial charge in [-0.3, -0.25) is 4.90 Å². The zero-order valence-electron chi connectivity index (χ0n) is 11.8. The van der Waals surface area contributed by atoms with Crippen LogP contribution in [0, 0.1) is 11.3 Å². The van der Waals surface area contributed by atoms with Gasteiger partial charge in [-0.15, -0.1) is 0 Å². The number of hydrogen-bond acceptors (Lipinski definition) is 3. The number of piperidine rings is 1. The molecule has 0 N–H and O–H groups in total. The van der Waals surface area contributed by atoms with E-state index in [1.54, 1.807) is 0 Å². The molecule has 0 bridgehead atoms. The van der Waals surface area contributed by atoms with Crippen LogP contribution in [0.1, 0.15) is 31.7 Å². The molecule has 2 atom stereocenters. The van der Waals surface area contributed by atoms with Crippen LogP contribution in [-0.4, -0.2) is 36.6 Å². The lowest BCUT2D eigenvalue weighted by Gasteiger charge is -2.48. The molecule has 4 heteroatoms. The van der Waals surface area contributed by atoms with Crippen LogP contribution in [0.4, 0.5) is 5.69 Å². The number of nitriles is 1. The topological polar surface area (TPSA) is 30.3 Å². The number of anilines is 1. The fraction of sp³-hybridized carbons (Fsp3) is 0.562. The first-order chi connectivity index (χ1) is 9.70. The molecule has 2 aliphatic rings. The van der Waals surface area contributed by atoms with Crippen molar-refractivity contribution >= 4 is 21.6 Å². The fourth-order valence-corrected chi connectivity index (χ4v) is 4.00. The third kappa shape index (κ3) is 2.45. The maximum atomic E-state index is 9.43. The van der Waals surface area contributed by atoms with Crippen LogP contribution >= 0.6 is 15.9 Å². The lowest BCUT2D eigenvalue weighted by molar-refractivity contribution is 0.115. The summed E-state index contributed by atoms with van der Waals surface area (Å²) in [7, 11) is 0. The largest absolute Gasteiger partial charge is 0.365 e. The summed E-state index contributed by atoms with van der Waals surface area (Å²) in [4.78, 5) is 5.06. The van der Waals surface area contributed by atoms with Crippen LogP contribution in [0.2, 0.25) is 0 Å². The van der Waals surface area contributed by atoms with E-state index in [1.807, 2.05) is 12.1 Å². The molecule has 0 aromatic heterocycles. The maximum Gasteiger partial charge on any atom is 0.103 e. The first-order valence-electron chi connectivity index (χ1n) is 7.40. The number of benzene rings is 1. The summed E-state index contributed by atoms with van der Waals surface area (Å²) in [6.45, 7) is 5.67. The molecule has 1 aromatic rings. The maximum absolute atomic E-state index is 9.43. The zero-order valence-corrected chi connectivity index (χ0v) is 13.4. The predicted octanol–water partition coefficient (Wildman–Crippen LogP) is 3.38. The molecule has 0 aliphatic carbocycles. The van der Waals surface area contributed by atoms with Crippen LogP contribution in [0.25, 0.3) is 0 Å². The first kappa shape index (κ1) is 13.9. The molecule has 20 heavy (non-hydrogen) atoms. The van der Waals surface area contributed by atoms with E-state index in [9.17, 15) is 5.26 Å². The molecule has 3 nitrogen and oxygen atoms in total. The lowest BCUT2D eigenvalue weighted by atomic mass is 9.96. The van der Waals surface area contributed by atoms with Gasteiger partial charge in [0.05, 0.1) is 11.3 Å². The third-order valence-corrected chi connectivity index (χ3v) is 5.26. The minimum atomic E-state index is 0.464. The Morgan fingerprint density at radius 2 is 2.15 bits per heavy atom. The van der Waals surface area contributed by atoms with Gasteiger partial charge in [0.1, 0.15) is 6.07 Å². The summed E-state index contributed by atoms with van der Waals surface area (Å²) in [6, 6.07) is 9.53. The van der Waals surface area contributed by atoms with Crippen LogP contribution in [0.5, 0.6) is 0 Å². The molecule has 0 spiro atoms. The van der Waals surface area contributed by atoms with Crippen LogP contribution in [0.3, 0.4) is 0 Å². The van der Waals surface area contributed by atoms with Crippen molar-refractivity contribution in [2.24, 2.45) is 0 Å². The van der Waals surface area contributed by atoms with Crippen molar-refractivity contribution in [1.82, 2.24) is 4.90 Å². The van der Waals surface area contributed by atoms with Gasteiger partial charge in [0.2, 0.25) is 0 Å². The smallest absolute Gasteiger partial charge is 0.103 e. The fourth-order valence-electron chi connectivity index (χ4n) is 3.55. The highest BCUT2D eigenvalue weighted by Gasteiger charge is 2.33. The Bertz CT molecular complexity index is 537. The summed E-state index contributed by atoms with van der Waals surface area (Å²) in [5.74, 6) is 0. The molecular formula is C16H20BrN3. The van der Waals surface area contributed by atoms with Gasteiger partial charge in [-0.2, -0.15) is 5.26 Å². The standard InChI is InChI=1S/C16H20BrN3/c1-12-10-19-8-3-2-5-13(19)11-20(12)16-7-4-6-15(17)14(16)9-18/h4,6-7,12-13H,2-3,5,8,10-11H2,1H3. The number of fused-ring (bicyclic) bond motifs is 1. The normalized spacial score (nSPS) is 26.9. The van der Waals surface area contributed by atoms with E-state index in [1.165, 1.54) is 25.8 Å². The summed E-state index contributed by atoms with van der Waals surface area (Å²) < 4.78 is 0.899. The highest BCUT2D eigenvalue weighted by Crippen LogP contribution is 2.32. The summed E-state index contributed by atoms with van der Waals surface area (Å²) >= 11 is 3.50. The molecule has 0 radical (unpaired) electrons. The molecule has 2 fully saturated rings. The van der Waals surface area contributed by atoms with E-state index in [-0.39, 0.29) is 0 Å². The van der Waals surface area contributed by atoms with E-state index in [0.717, 1.165) is 28.8 Å². The second kappa shape index (κ2) is 5.75. The van der Waals surface area contributed by atoms with Gasteiger partial charge in [0, 0.05) is 29.6 Å². The number of piperazine rings is 1. The van der Waals surface area contributed by atoms with Crippen molar-refractivity contribution in [1.29, 1.82) is 5.26 Å². The van der Waals surface area contributed by atoms with Gasteiger partial charge < -0.3 is 4.90 Å². The highest BCUT2D eigenvalue weighted by molar-refractivity contribution is 9.10. The second-order valence-corrected chi connectivity index (χ2v) is 6.75. The molecule has 2 aliphatic heterocycles. The minimum absolute atomic E-state index is 0.464. The molecule has 0 saturated carbocycles. The third-order valence-electron chi connectivity index (χ3n) is 4.60. The van der Waals surface area contributed by atoms with Crippen molar-refractivity contribution in [2.45, 2.75) is 38.3 Å². The van der Waals surface area contributed by atoms with Crippen molar-refractivity contribution in [3.8, 4) is 6.07 Å². The monoisotopic (exact) mass is 333 g/mol. The molecule has 2 heterocycles. The lowest BCUT2D eigenvalue weighted by Crippen LogP contribution is -2.59. The van der Waals surface area contributed by atoms with Gasteiger partial charge in [0.25, 0.3) is 0 Å². The van der Waals surface area contributed by atoms with Crippen molar-refractivity contribution in [3.05, 3.63) is 28.2 Å². The van der Waals surface area contributed by atoms with Crippen molar-refractivity contribution in [2.75, 3.05) is 24.5 Å². The van der Waals surface area contributed by atoms with Gasteiger partial charge >= 0.3 is 0 Å². The number of rotatable bonds is 1. The van der Waals surface area contributed by atoms with Crippen molar-refractivity contribution < 1.29 is 0 Å². The zero-order chi connectivity index (χ0) is 14.1. The Kier molecular flexibility index (Phi) is 4.00. The first-order valence-corrected chi connectivity index (χ1v) is 8.19. The Morgan fingerprint density at radius 3 is 2.95 bits per heavy atom. The number of nitrogens with zero attached hydrogens (tertiary/aromatic N) is 3. The quantitative estimate of drug-likeness (QED) is 0.789. The van der Waals surface area contributed by atoms with Gasteiger partial charge in [-0.1, -0.05) is 12.5 Å². The van der Waals surface area contributed by atoms with E-state index in [4.69, 9.17) is 0 Å². The summed E-state index contributed by atoms with van der Waals surface area (Å²) in [5, 5.41) is 9.43. The van der Waals surface area contributed by atoms with Crippen LogP contribution < -0.4 is 4.90 Å². The Hall–Kier alpha value is -1.05. The summed E-state index contributed by atoms with van der Waals surface area (Å²) in [6.07, 6.45) is 3.97. The molecule has 2 saturated heterocycles. The second-order valence-electron chi connectivity index (χ2n) is 5.89. The summed E-state index contributed by atoms with van der Waals surface area (Å²) in [5.41, 5.74) is 1.85. The molecule has 106 valence electrons. The molecular weight excluding hydrogens is 314 g/mol. The predicted molar refractivity (Wildman–Crippen MR) is 84.9 cm³/mol. The molecule has 1 aromatic carbocycles. The average molecular weight is 334 g/mol. The SMILES string of the molecule is CC1CN2CCCCC2CN1c1cccc(Br)c1C#N. The molecule has 2 unspecified atom stereocenters. The Morgan fingerprint density at radius 1 is 1.30 bits per heavy atom. The van der Waals surface area contributed by atoms with Gasteiger partial charge in [-0.25, -0.2) is 0 Å². The Balaban J connectivity index is 1.90. The van der Waals surface area contributed by atoms with E-state index in [2.05, 4.69) is 44.8 Å². The van der Waals surface area contributed by atoms with E-state index < -0.39 is 0 Å². The van der Waals surface area contributed by atoms with Crippen LogP contribution in [0.15, 0.2) is 22.7 Å². The molecule has 0 amide bonds. The Labute approximate surface area is 129 Å². The number of hydrogen-bond donors (Lipinski definition) is 0. The van der Waals surface area contributed by atoms with Crippen LogP contribution in [-0.2, 0) is 0 Å². The van der Waals surface area contributed by atoms with Gasteiger partial charge in [0.15, 0.2) is 0 Å².